The van der Waals surface area contributed by atoms with Gasteiger partial charge in [-0.1, -0.05) is 12.1 Å². The van der Waals surface area contributed by atoms with E-state index in [0.717, 1.165) is 26.1 Å². The average molecular weight is 297 g/mol. The first-order chi connectivity index (χ1) is 9.65. The number of anilines is 1. The zero-order chi connectivity index (χ0) is 14.4. The standard InChI is InChI=1S/C13H19N3O3S/c1-19-10-4-7-14-8-9-16-11-15-20(17,18)13-6-3-2-5-12(13)16/h2-3,5-6,11,14H,4,7-10H2,1H3. The van der Waals surface area contributed by atoms with Gasteiger partial charge >= 0.3 is 0 Å². The summed E-state index contributed by atoms with van der Waals surface area (Å²) in [5.74, 6) is 0. The molecule has 0 fully saturated rings. The Kier molecular flexibility index (Phi) is 5.11. The Labute approximate surface area is 119 Å². The van der Waals surface area contributed by atoms with E-state index in [0.29, 0.717) is 12.2 Å². The molecule has 0 saturated heterocycles. The van der Waals surface area contributed by atoms with Crippen molar-refractivity contribution >= 4 is 22.0 Å². The number of methoxy groups -OCH3 is 1. The van der Waals surface area contributed by atoms with Gasteiger partial charge in [-0.15, -0.1) is 4.40 Å². The van der Waals surface area contributed by atoms with Crippen LogP contribution in [-0.4, -0.2) is 48.1 Å². The predicted molar refractivity (Wildman–Crippen MR) is 78.8 cm³/mol. The summed E-state index contributed by atoms with van der Waals surface area (Å²) >= 11 is 0. The second kappa shape index (κ2) is 6.83. The van der Waals surface area contributed by atoms with Crippen molar-refractivity contribution in [1.82, 2.24) is 5.32 Å². The van der Waals surface area contributed by atoms with E-state index < -0.39 is 10.0 Å². The SMILES string of the molecule is COCCCNCCN1C=NS(=O)(=O)c2ccccc21. The smallest absolute Gasteiger partial charge is 0.285 e. The van der Waals surface area contributed by atoms with Crippen molar-refractivity contribution in [2.24, 2.45) is 4.40 Å². The van der Waals surface area contributed by atoms with E-state index in [1.165, 1.54) is 6.34 Å². The molecule has 0 atom stereocenters. The third-order valence-corrected chi connectivity index (χ3v) is 4.28. The second-order valence-corrected chi connectivity index (χ2v) is 6.05. The Balaban J connectivity index is 1.94. The number of sulfonamides is 1. The first-order valence-electron chi connectivity index (χ1n) is 6.51. The number of rotatable bonds is 7. The van der Waals surface area contributed by atoms with E-state index in [9.17, 15) is 8.42 Å². The van der Waals surface area contributed by atoms with E-state index in [-0.39, 0.29) is 4.90 Å². The van der Waals surface area contributed by atoms with E-state index >= 15 is 0 Å². The molecule has 0 aromatic heterocycles. The lowest BCUT2D eigenvalue weighted by Crippen LogP contribution is -2.34. The van der Waals surface area contributed by atoms with Crippen LogP contribution in [0.4, 0.5) is 5.69 Å². The van der Waals surface area contributed by atoms with Crippen molar-refractivity contribution in [1.29, 1.82) is 0 Å². The van der Waals surface area contributed by atoms with Crippen LogP contribution in [0.1, 0.15) is 6.42 Å². The fourth-order valence-electron chi connectivity index (χ4n) is 1.99. The first kappa shape index (κ1) is 15.0. The number of nitrogens with zero attached hydrogens (tertiary/aromatic N) is 2. The van der Waals surface area contributed by atoms with Crippen molar-refractivity contribution in [2.75, 3.05) is 38.3 Å². The Morgan fingerprint density at radius 1 is 1.30 bits per heavy atom. The normalized spacial score (nSPS) is 16.1. The van der Waals surface area contributed by atoms with Crippen molar-refractivity contribution in [3.8, 4) is 0 Å². The molecular formula is C13H19N3O3S. The molecule has 1 aliphatic heterocycles. The molecule has 6 nitrogen and oxygen atoms in total. The number of fused-ring (bicyclic) bond motifs is 1. The van der Waals surface area contributed by atoms with Gasteiger partial charge in [0.1, 0.15) is 11.2 Å². The van der Waals surface area contributed by atoms with E-state index in [1.54, 1.807) is 25.3 Å². The van der Waals surface area contributed by atoms with Gasteiger partial charge < -0.3 is 15.0 Å². The van der Waals surface area contributed by atoms with Gasteiger partial charge in [0.2, 0.25) is 0 Å². The Bertz CT molecular complexity index is 572. The molecule has 1 aromatic carbocycles. The zero-order valence-corrected chi connectivity index (χ0v) is 12.3. The maximum Gasteiger partial charge on any atom is 0.285 e. The van der Waals surface area contributed by atoms with Crippen LogP contribution in [0.25, 0.3) is 0 Å². The number of nitrogens with one attached hydrogen (secondary N) is 1. The van der Waals surface area contributed by atoms with Crippen molar-refractivity contribution in [3.63, 3.8) is 0 Å². The summed E-state index contributed by atoms with van der Waals surface area (Å²) in [6.45, 7) is 3.03. The van der Waals surface area contributed by atoms with Gasteiger partial charge in [-0.3, -0.25) is 0 Å². The minimum atomic E-state index is -3.53. The number of hydrogen-bond acceptors (Lipinski definition) is 5. The summed E-state index contributed by atoms with van der Waals surface area (Å²) in [7, 11) is -1.84. The molecule has 0 radical (unpaired) electrons. The lowest BCUT2D eigenvalue weighted by atomic mass is 10.3. The van der Waals surface area contributed by atoms with Crippen LogP contribution < -0.4 is 10.2 Å². The second-order valence-electron chi connectivity index (χ2n) is 4.45. The van der Waals surface area contributed by atoms with Gasteiger partial charge in [0.25, 0.3) is 10.0 Å². The number of hydrogen-bond donors (Lipinski definition) is 1. The molecule has 1 N–H and O–H groups in total. The summed E-state index contributed by atoms with van der Waals surface area (Å²) in [6, 6.07) is 6.91. The molecule has 1 heterocycles. The molecule has 0 aliphatic carbocycles. The van der Waals surface area contributed by atoms with Gasteiger partial charge in [-0.2, -0.15) is 8.42 Å². The largest absolute Gasteiger partial charge is 0.385 e. The highest BCUT2D eigenvalue weighted by Crippen LogP contribution is 2.28. The molecule has 110 valence electrons. The predicted octanol–water partition coefficient (Wildman–Crippen LogP) is 0.850. The fraction of sp³-hybridized carbons (Fsp3) is 0.462. The van der Waals surface area contributed by atoms with Crippen LogP contribution in [-0.2, 0) is 14.8 Å². The Morgan fingerprint density at radius 2 is 2.10 bits per heavy atom. The first-order valence-corrected chi connectivity index (χ1v) is 7.95. The highest BCUT2D eigenvalue weighted by Gasteiger charge is 2.24. The van der Waals surface area contributed by atoms with E-state index in [4.69, 9.17) is 4.74 Å². The highest BCUT2D eigenvalue weighted by molar-refractivity contribution is 7.90. The third-order valence-electron chi connectivity index (χ3n) is 3.01. The van der Waals surface area contributed by atoms with E-state index in [1.807, 2.05) is 11.0 Å². The topological polar surface area (TPSA) is 71.0 Å². The summed E-state index contributed by atoms with van der Waals surface area (Å²) < 4.78 is 32.2. The van der Waals surface area contributed by atoms with Gasteiger partial charge in [0, 0.05) is 26.8 Å². The van der Waals surface area contributed by atoms with Crippen LogP contribution in [0.5, 0.6) is 0 Å². The van der Waals surface area contributed by atoms with Gasteiger partial charge in [0.05, 0.1) is 5.69 Å². The molecule has 0 unspecified atom stereocenters. The molecular weight excluding hydrogens is 278 g/mol. The monoisotopic (exact) mass is 297 g/mol. The van der Waals surface area contributed by atoms with Crippen LogP contribution in [0, 0.1) is 0 Å². The third kappa shape index (κ3) is 3.56. The van der Waals surface area contributed by atoms with Crippen LogP contribution in [0.3, 0.4) is 0 Å². The summed E-state index contributed by atoms with van der Waals surface area (Å²) in [5, 5.41) is 3.29. The van der Waals surface area contributed by atoms with Gasteiger partial charge in [-0.25, -0.2) is 0 Å². The molecule has 7 heteroatoms. The molecule has 0 amide bonds. The van der Waals surface area contributed by atoms with Crippen molar-refractivity contribution in [2.45, 2.75) is 11.3 Å². The molecule has 1 aromatic rings. The maximum atomic E-state index is 11.8. The quantitative estimate of drug-likeness (QED) is 0.756. The Morgan fingerprint density at radius 3 is 2.90 bits per heavy atom. The minimum absolute atomic E-state index is 0.266. The molecule has 0 bridgehead atoms. The fourth-order valence-corrected chi connectivity index (χ4v) is 3.05. The van der Waals surface area contributed by atoms with Crippen LogP contribution >= 0.6 is 0 Å². The zero-order valence-electron chi connectivity index (χ0n) is 11.4. The lowest BCUT2D eigenvalue weighted by Gasteiger charge is -2.25. The molecule has 0 spiro atoms. The van der Waals surface area contributed by atoms with E-state index in [2.05, 4.69) is 9.71 Å². The summed E-state index contributed by atoms with van der Waals surface area (Å²) in [4.78, 5) is 2.11. The van der Waals surface area contributed by atoms with Gasteiger partial charge in [-0.05, 0) is 25.1 Å². The van der Waals surface area contributed by atoms with Gasteiger partial charge in [0.15, 0.2) is 0 Å². The molecule has 20 heavy (non-hydrogen) atoms. The highest BCUT2D eigenvalue weighted by atomic mass is 32.2. The number of ether oxygens (including phenoxy) is 1. The van der Waals surface area contributed by atoms with Crippen LogP contribution in [0.15, 0.2) is 33.6 Å². The minimum Gasteiger partial charge on any atom is -0.385 e. The number of para-hydroxylation sites is 1. The molecule has 2 rings (SSSR count). The number of benzene rings is 1. The summed E-state index contributed by atoms with van der Waals surface area (Å²) in [5.41, 5.74) is 0.682. The Hall–Kier alpha value is -1.44. The van der Waals surface area contributed by atoms with Crippen LogP contribution in [0.2, 0.25) is 0 Å². The average Bonchev–Trinajstić information content (AvgIpc) is 2.45. The van der Waals surface area contributed by atoms with Crippen molar-refractivity contribution in [3.05, 3.63) is 24.3 Å². The molecule has 1 aliphatic rings. The lowest BCUT2D eigenvalue weighted by molar-refractivity contribution is 0.194. The molecule has 0 saturated carbocycles. The summed E-state index contributed by atoms with van der Waals surface area (Å²) in [6.07, 6.45) is 2.34. The van der Waals surface area contributed by atoms with Crippen molar-refractivity contribution < 1.29 is 13.2 Å². The maximum absolute atomic E-state index is 11.8.